The molecule has 0 bridgehead atoms. The Balaban J connectivity index is 1.50. The van der Waals surface area contributed by atoms with E-state index in [0.717, 1.165) is 24.5 Å². The van der Waals surface area contributed by atoms with Crippen LogP contribution in [0.1, 0.15) is 21.7 Å². The minimum atomic E-state index is -0.527. The van der Waals surface area contributed by atoms with Crippen molar-refractivity contribution in [2.75, 3.05) is 31.1 Å². The highest BCUT2D eigenvalue weighted by Gasteiger charge is 2.21. The summed E-state index contributed by atoms with van der Waals surface area (Å²) in [7, 11) is 0. The van der Waals surface area contributed by atoms with Crippen LogP contribution in [0.25, 0.3) is 10.9 Å². The van der Waals surface area contributed by atoms with E-state index in [0.29, 0.717) is 23.1 Å². The number of nitriles is 1. The molecule has 4 heterocycles. The molecular formula is C21H21N7O3. The average Bonchev–Trinajstić information content (AvgIpc) is 2.83. The highest BCUT2D eigenvalue weighted by Crippen LogP contribution is 2.28. The van der Waals surface area contributed by atoms with E-state index in [2.05, 4.69) is 30.5 Å². The number of aromatic hydroxyl groups is 1. The van der Waals surface area contributed by atoms with E-state index >= 15 is 0 Å². The van der Waals surface area contributed by atoms with Crippen molar-refractivity contribution < 1.29 is 15.0 Å². The minimum absolute atomic E-state index is 0.0184. The van der Waals surface area contributed by atoms with Crippen molar-refractivity contribution in [1.82, 2.24) is 25.6 Å². The summed E-state index contributed by atoms with van der Waals surface area (Å²) in [5.41, 5.74) is 1.40. The quantitative estimate of drug-likeness (QED) is 0.458. The fourth-order valence-corrected chi connectivity index (χ4v) is 3.44. The van der Waals surface area contributed by atoms with Crippen molar-refractivity contribution >= 4 is 22.6 Å². The van der Waals surface area contributed by atoms with Gasteiger partial charge in [0.15, 0.2) is 11.4 Å². The van der Waals surface area contributed by atoms with E-state index in [1.165, 1.54) is 12.4 Å². The van der Waals surface area contributed by atoms with Crippen LogP contribution in [0.4, 0.5) is 5.82 Å². The van der Waals surface area contributed by atoms with E-state index in [4.69, 9.17) is 5.26 Å². The summed E-state index contributed by atoms with van der Waals surface area (Å²) in [6, 6.07) is 8.68. The third-order valence-electron chi connectivity index (χ3n) is 5.11. The predicted molar refractivity (Wildman–Crippen MR) is 112 cm³/mol. The van der Waals surface area contributed by atoms with Gasteiger partial charge in [-0.25, -0.2) is 15.0 Å². The molecule has 158 valence electrons. The second-order valence-electron chi connectivity index (χ2n) is 7.18. The maximum atomic E-state index is 12.5. The van der Waals surface area contributed by atoms with Crippen molar-refractivity contribution in [3.05, 3.63) is 53.6 Å². The standard InChI is InChI=1S/C21H21N7O3/c22-7-14-2-1-13(8-24-14)9-26-21(31)19-20(30)16-3-4-18(27-17(16)10-25-19)28-6-5-23-15(11-28)12-29/h1-4,8,10,15,23,29-30H,5-6,9,11-12H2,(H,26,31). The monoisotopic (exact) mass is 419 g/mol. The van der Waals surface area contributed by atoms with Crippen LogP contribution < -0.4 is 15.5 Å². The average molecular weight is 419 g/mol. The maximum Gasteiger partial charge on any atom is 0.274 e. The van der Waals surface area contributed by atoms with Crippen LogP contribution in [-0.2, 0) is 6.54 Å². The Bertz CT molecular complexity index is 1140. The number of carbonyl (C=O) groups excluding carboxylic acids is 1. The Morgan fingerprint density at radius 2 is 2.16 bits per heavy atom. The molecule has 3 aromatic heterocycles. The molecule has 0 radical (unpaired) electrons. The number of amides is 1. The van der Waals surface area contributed by atoms with E-state index in [-0.39, 0.29) is 30.6 Å². The lowest BCUT2D eigenvalue weighted by molar-refractivity contribution is 0.0943. The number of carbonyl (C=O) groups is 1. The van der Waals surface area contributed by atoms with Crippen molar-refractivity contribution in [3.63, 3.8) is 0 Å². The number of hydrogen-bond acceptors (Lipinski definition) is 9. The minimum Gasteiger partial charge on any atom is -0.505 e. The molecule has 1 saturated heterocycles. The van der Waals surface area contributed by atoms with Crippen molar-refractivity contribution in [1.29, 1.82) is 5.26 Å². The molecule has 10 nitrogen and oxygen atoms in total. The van der Waals surface area contributed by atoms with Crippen LogP contribution in [0.15, 0.2) is 36.7 Å². The van der Waals surface area contributed by atoms with Gasteiger partial charge in [-0.1, -0.05) is 6.07 Å². The molecule has 1 fully saturated rings. The Hall–Kier alpha value is -3.81. The molecule has 3 aromatic rings. The van der Waals surface area contributed by atoms with Gasteiger partial charge in [-0.15, -0.1) is 0 Å². The van der Waals surface area contributed by atoms with Gasteiger partial charge >= 0.3 is 0 Å². The first-order chi connectivity index (χ1) is 15.1. The zero-order chi connectivity index (χ0) is 21.8. The second-order valence-corrected chi connectivity index (χ2v) is 7.18. The number of nitrogens with one attached hydrogen (secondary N) is 2. The number of fused-ring (bicyclic) bond motifs is 1. The summed E-state index contributed by atoms with van der Waals surface area (Å²) in [5, 5.41) is 35.1. The number of nitrogens with zero attached hydrogens (tertiary/aromatic N) is 5. The van der Waals surface area contributed by atoms with Gasteiger partial charge in [0.2, 0.25) is 0 Å². The lowest BCUT2D eigenvalue weighted by Gasteiger charge is -2.33. The van der Waals surface area contributed by atoms with Gasteiger partial charge in [0, 0.05) is 43.8 Å². The molecule has 1 aliphatic heterocycles. The summed E-state index contributed by atoms with van der Waals surface area (Å²) in [6.45, 7) is 2.34. The number of piperazine rings is 1. The third-order valence-corrected chi connectivity index (χ3v) is 5.11. The van der Waals surface area contributed by atoms with Gasteiger partial charge in [-0.05, 0) is 23.8 Å². The molecule has 31 heavy (non-hydrogen) atoms. The number of aliphatic hydroxyl groups is 1. The van der Waals surface area contributed by atoms with Gasteiger partial charge < -0.3 is 25.7 Å². The van der Waals surface area contributed by atoms with Crippen molar-refractivity contribution in [2.24, 2.45) is 0 Å². The molecule has 0 saturated carbocycles. The van der Waals surface area contributed by atoms with Crippen LogP contribution in [0.5, 0.6) is 5.75 Å². The molecule has 0 spiro atoms. The second kappa shape index (κ2) is 8.91. The Morgan fingerprint density at radius 1 is 1.29 bits per heavy atom. The molecule has 4 rings (SSSR count). The van der Waals surface area contributed by atoms with E-state index < -0.39 is 5.91 Å². The Kier molecular flexibility index (Phi) is 5.88. The number of rotatable bonds is 5. The lowest BCUT2D eigenvalue weighted by atomic mass is 10.1. The zero-order valence-electron chi connectivity index (χ0n) is 16.6. The number of aromatic nitrogens is 3. The molecule has 1 amide bonds. The third kappa shape index (κ3) is 4.37. The normalized spacial score (nSPS) is 16.1. The molecular weight excluding hydrogens is 398 g/mol. The van der Waals surface area contributed by atoms with E-state index in [1.807, 2.05) is 6.07 Å². The van der Waals surface area contributed by atoms with Gasteiger partial charge in [0.05, 0.1) is 18.3 Å². The Labute approximate surface area is 178 Å². The van der Waals surface area contributed by atoms with Gasteiger partial charge in [-0.3, -0.25) is 4.79 Å². The molecule has 10 heteroatoms. The van der Waals surface area contributed by atoms with Gasteiger partial charge in [0.25, 0.3) is 5.91 Å². The lowest BCUT2D eigenvalue weighted by Crippen LogP contribution is -2.52. The first kappa shape index (κ1) is 20.5. The largest absolute Gasteiger partial charge is 0.505 e. The maximum absolute atomic E-state index is 12.5. The number of pyridine rings is 3. The first-order valence-electron chi connectivity index (χ1n) is 9.80. The van der Waals surface area contributed by atoms with Crippen molar-refractivity contribution in [3.8, 4) is 11.8 Å². The number of anilines is 1. The molecule has 1 atom stereocenters. The topological polar surface area (TPSA) is 147 Å². The van der Waals surface area contributed by atoms with Crippen LogP contribution in [-0.4, -0.2) is 63.4 Å². The molecule has 0 aromatic carbocycles. The fourth-order valence-electron chi connectivity index (χ4n) is 3.44. The first-order valence-corrected chi connectivity index (χ1v) is 9.80. The van der Waals surface area contributed by atoms with Crippen LogP contribution in [0.2, 0.25) is 0 Å². The highest BCUT2D eigenvalue weighted by atomic mass is 16.3. The van der Waals surface area contributed by atoms with Crippen LogP contribution >= 0.6 is 0 Å². The van der Waals surface area contributed by atoms with Gasteiger partial charge in [-0.2, -0.15) is 5.26 Å². The van der Waals surface area contributed by atoms with E-state index in [1.54, 1.807) is 24.3 Å². The smallest absolute Gasteiger partial charge is 0.274 e. The Morgan fingerprint density at radius 3 is 2.90 bits per heavy atom. The SMILES string of the molecule is N#Cc1ccc(CNC(=O)c2ncc3nc(N4CCNC(CO)C4)ccc3c2O)cn1. The van der Waals surface area contributed by atoms with Gasteiger partial charge in [0.1, 0.15) is 17.6 Å². The summed E-state index contributed by atoms with van der Waals surface area (Å²) in [6.07, 6.45) is 2.97. The van der Waals surface area contributed by atoms with Crippen molar-refractivity contribution in [2.45, 2.75) is 12.6 Å². The summed E-state index contributed by atoms with van der Waals surface area (Å²) in [5.74, 6) is -0.0413. The highest BCUT2D eigenvalue weighted by molar-refractivity contribution is 6.00. The van der Waals surface area contributed by atoms with Crippen LogP contribution in [0, 0.1) is 11.3 Å². The zero-order valence-corrected chi connectivity index (χ0v) is 16.6. The molecule has 1 unspecified atom stereocenters. The summed E-state index contributed by atoms with van der Waals surface area (Å²) >= 11 is 0. The number of hydrogen-bond donors (Lipinski definition) is 4. The molecule has 0 aliphatic carbocycles. The molecule has 1 aliphatic rings. The molecule has 4 N–H and O–H groups in total. The van der Waals surface area contributed by atoms with Crippen LogP contribution in [0.3, 0.4) is 0 Å². The predicted octanol–water partition coefficient (Wildman–Crippen LogP) is 0.303. The number of aliphatic hydroxyl groups excluding tert-OH is 1. The summed E-state index contributed by atoms with van der Waals surface area (Å²) < 4.78 is 0. The van der Waals surface area contributed by atoms with E-state index in [9.17, 15) is 15.0 Å². The fraction of sp³-hybridized carbons (Fsp3) is 0.286. The summed E-state index contributed by atoms with van der Waals surface area (Å²) in [4.78, 5) is 27.2.